The van der Waals surface area contributed by atoms with Gasteiger partial charge in [0.15, 0.2) is 5.92 Å². The molecule has 142 valence electrons. The average Bonchev–Trinajstić information content (AvgIpc) is 2.43. The Labute approximate surface area is 147 Å². The Kier molecular flexibility index (Phi) is 262. The molecule has 0 unspecified atom stereocenters. The van der Waals surface area contributed by atoms with Crippen molar-refractivity contribution in [3.63, 3.8) is 0 Å². The Balaban J connectivity index is -0.0000000167. The summed E-state index contributed by atoms with van der Waals surface area (Å²) in [6.45, 7) is 10.5. The predicted octanol–water partition coefficient (Wildman–Crippen LogP) is 2.94. The Bertz CT molecular complexity index is 328. The maximum Gasteiger partial charge on any atom is 0.221 e. The lowest BCUT2D eigenvalue weighted by molar-refractivity contribution is 0.823. The molecular weight excluding hydrogens is 310 g/mol. The fourth-order valence-corrected chi connectivity index (χ4v) is 0.294. The minimum Gasteiger partial charge on any atom is -0.870 e. The fourth-order valence-electron chi connectivity index (χ4n) is 0.294. The van der Waals surface area contributed by atoms with E-state index in [2.05, 4.69) is 18.9 Å². The van der Waals surface area contributed by atoms with Gasteiger partial charge in [-0.25, -0.2) is 0 Å². The number of hydrogen-bond acceptors (Lipinski definition) is 3. The first-order valence-electron chi connectivity index (χ1n) is 5.95. The molecule has 24 heavy (non-hydrogen) atoms. The van der Waals surface area contributed by atoms with Gasteiger partial charge in [0.2, 0.25) is 6.08 Å². The smallest absolute Gasteiger partial charge is 0.221 e. The summed E-state index contributed by atoms with van der Waals surface area (Å²) in [5.74, 6) is 5.87. The average molecular weight is 342 g/mol. The van der Waals surface area contributed by atoms with E-state index in [0.29, 0.717) is 6.42 Å². The van der Waals surface area contributed by atoms with Crippen LogP contribution >= 0.6 is 0 Å². The van der Waals surface area contributed by atoms with Crippen LogP contribution in [0.4, 0.5) is 0 Å². The van der Waals surface area contributed by atoms with Gasteiger partial charge < -0.3 is 32.7 Å². The number of hydrogen-bond donors (Lipinski definition) is 0. The molecule has 6 N–H and O–H groups in total. The molecule has 0 aliphatic rings. The monoisotopic (exact) mass is 342 g/mol. The molecule has 0 spiro atoms. The van der Waals surface area contributed by atoms with Gasteiger partial charge in [-0.3, -0.25) is 11.7 Å². The van der Waals surface area contributed by atoms with E-state index in [0.717, 1.165) is 25.3 Å². The van der Waals surface area contributed by atoms with Crippen LogP contribution in [0.5, 0.6) is 0 Å². The molecular formula is C17H32N3O4-3. The number of nitrogens with zero attached hydrogens (tertiary/aromatic N) is 3. The number of unbranched alkanes of at least 4 members (excludes halogenated alkanes) is 1. The van der Waals surface area contributed by atoms with Crippen molar-refractivity contribution in [1.82, 2.24) is 0 Å². The summed E-state index contributed by atoms with van der Waals surface area (Å²) in [7, 11) is 0. The largest absolute Gasteiger partial charge is 0.870 e. The molecule has 0 radical (unpaired) electrons. The fraction of sp³-hybridized carbons (Fsp3) is 0.471. The van der Waals surface area contributed by atoms with Crippen molar-refractivity contribution in [3.8, 4) is 18.4 Å². The summed E-state index contributed by atoms with van der Waals surface area (Å²) in [4.78, 5) is 0. The van der Waals surface area contributed by atoms with Crippen molar-refractivity contribution in [2.45, 2.75) is 53.9 Å². The van der Waals surface area contributed by atoms with E-state index in [1.165, 1.54) is 0 Å². The zero-order valence-corrected chi connectivity index (χ0v) is 14.0. The molecule has 0 bridgehead atoms. The van der Waals surface area contributed by atoms with Crippen LogP contribution in [0.25, 0.3) is 10.8 Å². The molecule has 7 heteroatoms. The highest BCUT2D eigenvalue weighted by Crippen LogP contribution is 1.77. The third-order valence-corrected chi connectivity index (χ3v) is 1.05. The zero-order chi connectivity index (χ0) is 15.8. The van der Waals surface area contributed by atoms with Crippen LogP contribution in [0.15, 0.2) is 18.2 Å². The Hall–Kier alpha value is -2.56. The topological polar surface area (TPSA) is 191 Å². The molecule has 0 aliphatic carbocycles. The van der Waals surface area contributed by atoms with Crippen LogP contribution in [0.3, 0.4) is 0 Å². The number of rotatable bonds is 3. The SMILES string of the molecule is C.C#CC=[CH+].CCC=C=[N-].CCC=C=[N-].CCCC#N.O.O.[OH-].[OH-]. The summed E-state index contributed by atoms with van der Waals surface area (Å²) in [5, 5.41) is 23.3. The van der Waals surface area contributed by atoms with E-state index >= 15 is 0 Å². The zero-order valence-electron chi connectivity index (χ0n) is 14.0. The molecule has 0 saturated carbocycles. The van der Waals surface area contributed by atoms with Gasteiger partial charge in [-0.05, 0) is 19.3 Å². The van der Waals surface area contributed by atoms with Gasteiger partial charge in [-0.1, -0.05) is 40.3 Å². The summed E-state index contributed by atoms with van der Waals surface area (Å²) in [6, 6.07) is 2.02. The van der Waals surface area contributed by atoms with Crippen LogP contribution in [-0.2, 0) is 0 Å². The van der Waals surface area contributed by atoms with Gasteiger partial charge in [0.25, 0.3) is 0 Å². The van der Waals surface area contributed by atoms with Gasteiger partial charge in [0.1, 0.15) is 0 Å². The molecule has 0 saturated heterocycles. The van der Waals surface area contributed by atoms with Crippen LogP contribution in [0, 0.1) is 30.3 Å². The number of nitriles is 1. The molecule has 0 atom stereocenters. The van der Waals surface area contributed by atoms with Crippen LogP contribution < -0.4 is 0 Å². The van der Waals surface area contributed by atoms with Gasteiger partial charge in [0.05, 0.1) is 12.6 Å². The van der Waals surface area contributed by atoms with Crippen molar-refractivity contribution in [3.05, 3.63) is 35.6 Å². The Morgan fingerprint density at radius 3 is 1.29 bits per heavy atom. The maximum atomic E-state index is 7.82. The minimum absolute atomic E-state index is 0. The maximum absolute atomic E-state index is 7.82. The van der Waals surface area contributed by atoms with E-state index in [9.17, 15) is 0 Å². The third-order valence-electron chi connectivity index (χ3n) is 1.05. The second kappa shape index (κ2) is 108. The highest BCUT2D eigenvalue weighted by Gasteiger charge is 1.65. The standard InChI is InChI=1S/C4H7N.2C4H6N.C4H3.CH4.4H2O/c3*1-2-3-4-5;1-3-4-2;;;;;/h2-3H2,1H3;2*3H,2H2,1H3;1-3H;1H4;4*1H2/q;2*-1;+1;;;;;/p-2. The highest BCUT2D eigenvalue weighted by atomic mass is 16.0. The molecule has 0 amide bonds. The Morgan fingerprint density at radius 2 is 1.29 bits per heavy atom. The molecule has 0 heterocycles. The minimum atomic E-state index is 0. The van der Waals surface area contributed by atoms with Crippen LogP contribution in [0.1, 0.15) is 53.9 Å². The van der Waals surface area contributed by atoms with Gasteiger partial charge in [-0.2, -0.15) is 5.26 Å². The molecule has 0 rings (SSSR count). The quantitative estimate of drug-likeness (QED) is 0.433. The van der Waals surface area contributed by atoms with E-state index in [4.69, 9.17) is 16.1 Å². The summed E-state index contributed by atoms with van der Waals surface area (Å²) < 4.78 is 0. The van der Waals surface area contributed by atoms with E-state index in [1.807, 2.05) is 38.6 Å². The van der Waals surface area contributed by atoms with Gasteiger partial charge >= 0.3 is 0 Å². The number of allylic oxidation sites excluding steroid dienone is 3. The molecule has 0 aromatic rings. The van der Waals surface area contributed by atoms with E-state index in [1.54, 1.807) is 12.2 Å². The van der Waals surface area contributed by atoms with E-state index in [-0.39, 0.29) is 29.3 Å². The second-order valence-electron chi connectivity index (χ2n) is 2.72. The lowest BCUT2D eigenvalue weighted by Crippen LogP contribution is -1.53. The molecule has 0 aliphatic heterocycles. The highest BCUT2D eigenvalue weighted by molar-refractivity contribution is 5.54. The van der Waals surface area contributed by atoms with Crippen molar-refractivity contribution >= 4 is 11.7 Å². The lowest BCUT2D eigenvalue weighted by atomic mass is 10.4. The van der Waals surface area contributed by atoms with Crippen LogP contribution in [-0.4, -0.2) is 33.6 Å². The first-order chi connectivity index (χ1) is 9.16. The first-order valence-corrected chi connectivity index (χ1v) is 5.95. The molecule has 0 aromatic heterocycles. The third kappa shape index (κ3) is 335. The van der Waals surface area contributed by atoms with Gasteiger partial charge in [-0.15, -0.1) is 0 Å². The van der Waals surface area contributed by atoms with Crippen molar-refractivity contribution in [2.24, 2.45) is 0 Å². The van der Waals surface area contributed by atoms with Gasteiger partial charge in [0, 0.05) is 12.8 Å². The second-order valence-corrected chi connectivity index (χ2v) is 2.72. The summed E-state index contributed by atoms with van der Waals surface area (Å²) >= 11 is 0. The molecule has 7 nitrogen and oxygen atoms in total. The van der Waals surface area contributed by atoms with E-state index < -0.39 is 0 Å². The molecule has 0 fully saturated rings. The normalized spacial score (nSPS) is 4.33. The summed E-state index contributed by atoms with van der Waals surface area (Å²) in [5.41, 5.74) is 0. The van der Waals surface area contributed by atoms with Crippen LogP contribution in [0.2, 0.25) is 0 Å². The lowest BCUT2D eigenvalue weighted by Gasteiger charge is -1.66. The van der Waals surface area contributed by atoms with Crippen molar-refractivity contribution in [1.29, 1.82) is 5.26 Å². The van der Waals surface area contributed by atoms with Crippen molar-refractivity contribution < 1.29 is 21.9 Å². The Morgan fingerprint density at radius 1 is 1.00 bits per heavy atom. The first kappa shape index (κ1) is 57.9. The summed E-state index contributed by atoms with van der Waals surface area (Å²) in [6.07, 6.45) is 12.3. The predicted molar refractivity (Wildman–Crippen MR) is 103 cm³/mol. The van der Waals surface area contributed by atoms with Crippen molar-refractivity contribution in [2.75, 3.05) is 0 Å². The molecule has 0 aromatic carbocycles. The number of terminal acetylenes is 1.